The van der Waals surface area contributed by atoms with Crippen LogP contribution in [0.1, 0.15) is 24.3 Å². The fourth-order valence-corrected chi connectivity index (χ4v) is 3.63. The second-order valence-electron chi connectivity index (χ2n) is 6.80. The summed E-state index contributed by atoms with van der Waals surface area (Å²) in [5.41, 5.74) is 0.140. The highest BCUT2D eigenvalue weighted by molar-refractivity contribution is 8.23. The summed E-state index contributed by atoms with van der Waals surface area (Å²) in [4.78, 5) is 19.7. The Labute approximate surface area is 212 Å². The van der Waals surface area contributed by atoms with Gasteiger partial charge in [0.1, 0.15) is 0 Å². The first-order valence-electron chi connectivity index (χ1n) is 9.60. The van der Waals surface area contributed by atoms with Crippen LogP contribution in [0.15, 0.2) is 40.5 Å². The lowest BCUT2D eigenvalue weighted by atomic mass is 10.0. The van der Waals surface area contributed by atoms with Gasteiger partial charge in [0, 0.05) is 40.6 Å². The van der Waals surface area contributed by atoms with E-state index in [9.17, 15) is 45.1 Å². The number of aliphatic hydroxyl groups excluding tert-OH is 1. The summed E-state index contributed by atoms with van der Waals surface area (Å²) in [6.45, 7) is 1.59. The Bertz CT molecular complexity index is 1200. The number of pyridine rings is 1. The molecule has 18 heteroatoms. The summed E-state index contributed by atoms with van der Waals surface area (Å²) in [5.74, 6) is -15.1. The van der Waals surface area contributed by atoms with E-state index in [4.69, 9.17) is 12.2 Å². The largest absolute Gasteiger partial charge is 0.460 e. The third-order valence-electron chi connectivity index (χ3n) is 4.38. The molecule has 1 heterocycles. The van der Waals surface area contributed by atoms with Gasteiger partial charge >= 0.3 is 23.7 Å². The average Bonchev–Trinajstić information content (AvgIpc) is 2.82. The maximum Gasteiger partial charge on any atom is 0.460 e. The normalized spacial score (nSPS) is 13.4. The van der Waals surface area contributed by atoms with E-state index in [1.165, 1.54) is 18.3 Å². The molecule has 0 aliphatic rings. The number of hydrazone groups is 1. The van der Waals surface area contributed by atoms with E-state index in [-0.39, 0.29) is 37.7 Å². The number of nitrogens with one attached hydrogen (secondary N) is 2. The molecule has 1 aromatic heterocycles. The van der Waals surface area contributed by atoms with Crippen LogP contribution in [-0.2, 0) is 10.8 Å². The summed E-state index contributed by atoms with van der Waals surface area (Å²) < 4.78 is 106. The van der Waals surface area contributed by atoms with Gasteiger partial charge in [-0.15, -0.1) is 0 Å². The molecule has 0 fully saturated rings. The van der Waals surface area contributed by atoms with Gasteiger partial charge in [0.2, 0.25) is 0 Å². The first-order chi connectivity index (χ1) is 17.1. The fraction of sp³-hybridized carbons (Fsp3) is 0.316. The van der Waals surface area contributed by atoms with Crippen molar-refractivity contribution in [3.05, 3.63) is 52.3 Å². The SMILES string of the molecule is C/C=N\NC(=S)Sc1ccc([N+](=O)OC)cc1C(O)Nc1ncc(C(F)(F)C(F)(F)C(F)(F)F)cc1F. The number of alkyl halides is 7. The van der Waals surface area contributed by atoms with E-state index in [2.05, 4.69) is 25.7 Å². The third-order valence-corrected chi connectivity index (χ3v) is 5.59. The maximum atomic E-state index is 14.4. The van der Waals surface area contributed by atoms with Gasteiger partial charge in [0.25, 0.3) is 4.92 Å². The summed E-state index contributed by atoms with van der Waals surface area (Å²) in [5, 5.41) is 16.4. The zero-order chi connectivity index (χ0) is 28.2. The van der Waals surface area contributed by atoms with Crippen LogP contribution in [0.4, 0.5) is 46.6 Å². The molecule has 0 spiro atoms. The Morgan fingerprint density at radius 3 is 2.43 bits per heavy atom. The van der Waals surface area contributed by atoms with Crippen LogP contribution in [0.3, 0.4) is 0 Å². The Morgan fingerprint density at radius 1 is 1.24 bits per heavy atom. The predicted molar refractivity (Wildman–Crippen MR) is 120 cm³/mol. The van der Waals surface area contributed by atoms with Crippen molar-refractivity contribution in [1.29, 1.82) is 0 Å². The molecule has 0 amide bonds. The number of aliphatic hydroxyl groups is 1. The number of halogens is 8. The standard InChI is InChI=1S/C19H15F8N5O3S2/c1-3-29-31-16(36)37-13-5-4-10(32(34)35-2)7-11(13)15(33)30-14-12(20)6-9(8-28-14)17(21,22)18(23,24)19(25,26)27/h3-8,15,33H,1-2H3,(H-,28,30,31,36)/p+1/b29-3-. The molecule has 2 rings (SSSR count). The van der Waals surface area contributed by atoms with Crippen molar-refractivity contribution in [3.63, 3.8) is 0 Å². The Balaban J connectivity index is 2.41. The second-order valence-corrected chi connectivity index (χ2v) is 8.52. The number of rotatable bonds is 9. The molecule has 0 saturated carbocycles. The predicted octanol–water partition coefficient (Wildman–Crippen LogP) is 5.56. The van der Waals surface area contributed by atoms with Crippen molar-refractivity contribution in [2.24, 2.45) is 5.10 Å². The minimum absolute atomic E-state index is 0.0547. The van der Waals surface area contributed by atoms with Crippen molar-refractivity contribution >= 4 is 46.0 Å². The molecule has 0 aliphatic carbocycles. The number of hydrogen-bond donors (Lipinski definition) is 3. The molecule has 0 bridgehead atoms. The number of thioether (sulfide) groups is 1. The molecule has 8 nitrogen and oxygen atoms in total. The molecule has 1 unspecified atom stereocenters. The van der Waals surface area contributed by atoms with Gasteiger partial charge in [-0.25, -0.2) is 14.2 Å². The van der Waals surface area contributed by atoms with E-state index in [1.807, 2.05) is 0 Å². The molecule has 1 atom stereocenters. The monoisotopic (exact) mass is 578 g/mol. The third kappa shape index (κ3) is 6.61. The topological polar surface area (TPSA) is 98.9 Å². The van der Waals surface area contributed by atoms with E-state index in [0.29, 0.717) is 0 Å². The molecule has 3 N–H and O–H groups in total. The number of thiocarbonyl (C=S) groups is 1. The number of benzene rings is 1. The van der Waals surface area contributed by atoms with Crippen LogP contribution in [0.5, 0.6) is 0 Å². The Kier molecular flexibility index (Phi) is 9.37. The lowest BCUT2D eigenvalue weighted by Crippen LogP contribution is -2.50. The lowest BCUT2D eigenvalue weighted by Gasteiger charge is -2.28. The number of anilines is 1. The molecule has 0 radical (unpaired) electrons. The smallest absolute Gasteiger partial charge is 0.369 e. The summed E-state index contributed by atoms with van der Waals surface area (Å²) >= 11 is 5.90. The van der Waals surface area contributed by atoms with E-state index in [1.54, 1.807) is 6.92 Å². The fourth-order valence-electron chi connectivity index (χ4n) is 2.58. The molecule has 202 valence electrons. The van der Waals surface area contributed by atoms with Gasteiger partial charge in [-0.2, -0.15) is 35.8 Å². The minimum atomic E-state index is -6.63. The number of nitrogens with zero attached hydrogens (tertiary/aromatic N) is 3. The summed E-state index contributed by atoms with van der Waals surface area (Å²) in [6.07, 6.45) is -7.27. The van der Waals surface area contributed by atoms with Crippen molar-refractivity contribution < 1.29 is 50.0 Å². The van der Waals surface area contributed by atoms with Crippen LogP contribution >= 0.6 is 24.0 Å². The van der Waals surface area contributed by atoms with Crippen molar-refractivity contribution in [2.45, 2.75) is 36.1 Å². The second kappa shape index (κ2) is 11.5. The van der Waals surface area contributed by atoms with Crippen molar-refractivity contribution in [2.75, 3.05) is 12.4 Å². The summed E-state index contributed by atoms with van der Waals surface area (Å²) in [6, 6.07) is 3.41. The Morgan fingerprint density at radius 2 is 1.89 bits per heavy atom. The molecular formula is C19H16F8N5O3S2+. The summed E-state index contributed by atoms with van der Waals surface area (Å²) in [7, 11) is 1.05. The lowest BCUT2D eigenvalue weighted by molar-refractivity contribution is -0.736. The first-order valence-corrected chi connectivity index (χ1v) is 10.8. The van der Waals surface area contributed by atoms with Crippen LogP contribution in [-0.4, -0.2) is 44.8 Å². The molecule has 2 aromatic rings. The number of aromatic nitrogens is 1. The van der Waals surface area contributed by atoms with E-state index >= 15 is 0 Å². The van der Waals surface area contributed by atoms with Gasteiger partial charge in [0.15, 0.2) is 29.3 Å². The van der Waals surface area contributed by atoms with Crippen molar-refractivity contribution in [3.8, 4) is 0 Å². The average molecular weight is 578 g/mol. The van der Waals surface area contributed by atoms with Crippen LogP contribution < -0.4 is 10.7 Å². The van der Waals surface area contributed by atoms with Gasteiger partial charge in [-0.1, -0.05) is 24.0 Å². The molecular weight excluding hydrogens is 562 g/mol. The van der Waals surface area contributed by atoms with Crippen molar-refractivity contribution in [1.82, 2.24) is 10.4 Å². The van der Waals surface area contributed by atoms with Crippen LogP contribution in [0, 0.1) is 10.7 Å². The highest BCUT2D eigenvalue weighted by Crippen LogP contribution is 2.51. The van der Waals surface area contributed by atoms with Gasteiger partial charge < -0.3 is 10.4 Å². The zero-order valence-corrected chi connectivity index (χ0v) is 20.1. The van der Waals surface area contributed by atoms with E-state index < -0.39 is 41.4 Å². The maximum absolute atomic E-state index is 14.4. The zero-order valence-electron chi connectivity index (χ0n) is 18.5. The van der Waals surface area contributed by atoms with Crippen LogP contribution in [0.2, 0.25) is 0 Å². The molecule has 1 aromatic carbocycles. The van der Waals surface area contributed by atoms with Gasteiger partial charge in [-0.05, 0) is 19.1 Å². The van der Waals surface area contributed by atoms with Gasteiger partial charge in [-0.3, -0.25) is 5.43 Å². The van der Waals surface area contributed by atoms with Gasteiger partial charge in [0.05, 0.1) is 4.91 Å². The van der Waals surface area contributed by atoms with E-state index in [0.717, 1.165) is 24.9 Å². The molecule has 0 aliphatic heterocycles. The minimum Gasteiger partial charge on any atom is -0.369 e. The quantitative estimate of drug-likeness (QED) is 0.0889. The highest BCUT2D eigenvalue weighted by atomic mass is 32.2. The molecule has 37 heavy (non-hydrogen) atoms. The highest BCUT2D eigenvalue weighted by Gasteiger charge is 2.73. The first kappa shape index (κ1) is 30.1. The Hall–Kier alpha value is -3.12. The van der Waals surface area contributed by atoms with Crippen LogP contribution in [0.25, 0.3) is 0 Å². The number of hydrogen-bond acceptors (Lipinski definition) is 8. The molecule has 0 saturated heterocycles.